The van der Waals surface area contributed by atoms with Crippen molar-refractivity contribution in [2.45, 2.75) is 10.9 Å². The fourth-order valence-electron chi connectivity index (χ4n) is 2.38. The quantitative estimate of drug-likeness (QED) is 0.650. The number of hydrogen-bond donors (Lipinski definition) is 2. The lowest BCUT2D eigenvalue weighted by atomic mass is 10.0. The Balaban J connectivity index is 2.28. The normalized spacial score (nSPS) is 12.5. The summed E-state index contributed by atoms with van der Waals surface area (Å²) in [5.41, 5.74) is 0.0954. The molecule has 2 amide bonds. The second-order valence-corrected chi connectivity index (χ2v) is 7.75. The number of carbonyl (C=O) groups is 2. The summed E-state index contributed by atoms with van der Waals surface area (Å²) in [6.45, 7) is 0. The molecule has 29 heavy (non-hydrogen) atoms. The van der Waals surface area contributed by atoms with Gasteiger partial charge in [0.2, 0.25) is 5.91 Å². The SMILES string of the molecule is CNC(=O)C(NC(=O)c1ccc(S(=O)(=O)N(C)OC)cc1)c1ccc(F)c(F)c1. The van der Waals surface area contributed by atoms with Crippen LogP contribution >= 0.6 is 0 Å². The zero-order valence-electron chi connectivity index (χ0n) is 15.8. The molecule has 0 aliphatic rings. The molecule has 0 heterocycles. The molecule has 0 aliphatic heterocycles. The molecule has 2 N–H and O–H groups in total. The van der Waals surface area contributed by atoms with E-state index in [0.717, 1.165) is 12.1 Å². The number of halogens is 2. The van der Waals surface area contributed by atoms with Gasteiger partial charge in [-0.05, 0) is 42.0 Å². The average molecular weight is 427 g/mol. The second-order valence-electron chi connectivity index (χ2n) is 5.82. The van der Waals surface area contributed by atoms with Crippen LogP contribution in [0.1, 0.15) is 22.0 Å². The minimum absolute atomic E-state index is 0.0394. The van der Waals surface area contributed by atoms with Crippen LogP contribution in [-0.2, 0) is 19.7 Å². The molecular weight excluding hydrogens is 408 g/mol. The van der Waals surface area contributed by atoms with Gasteiger partial charge in [0.25, 0.3) is 15.9 Å². The average Bonchev–Trinajstić information content (AvgIpc) is 2.72. The van der Waals surface area contributed by atoms with Crippen LogP contribution in [0.2, 0.25) is 0 Å². The molecular formula is C18H19F2N3O5S. The van der Waals surface area contributed by atoms with E-state index in [9.17, 15) is 26.8 Å². The summed E-state index contributed by atoms with van der Waals surface area (Å²) in [6.07, 6.45) is 0. The van der Waals surface area contributed by atoms with E-state index in [1.807, 2.05) is 0 Å². The molecule has 0 spiro atoms. The van der Waals surface area contributed by atoms with Crippen LogP contribution in [0, 0.1) is 11.6 Å². The predicted molar refractivity (Wildman–Crippen MR) is 99.0 cm³/mol. The molecule has 1 atom stereocenters. The van der Waals surface area contributed by atoms with E-state index in [1.54, 1.807) is 0 Å². The van der Waals surface area contributed by atoms with Crippen molar-refractivity contribution in [2.24, 2.45) is 0 Å². The van der Waals surface area contributed by atoms with E-state index in [1.165, 1.54) is 51.5 Å². The number of hydroxylamine groups is 1. The van der Waals surface area contributed by atoms with Crippen LogP contribution in [0.3, 0.4) is 0 Å². The largest absolute Gasteiger partial charge is 0.357 e. The number of nitrogens with one attached hydrogen (secondary N) is 2. The number of likely N-dealkylation sites (N-methyl/N-ethyl adjacent to an activating group) is 1. The third-order valence-corrected chi connectivity index (χ3v) is 5.76. The number of rotatable bonds is 7. The highest BCUT2D eigenvalue weighted by atomic mass is 32.2. The summed E-state index contributed by atoms with van der Waals surface area (Å²) >= 11 is 0. The summed E-state index contributed by atoms with van der Waals surface area (Å²) in [7, 11) is -0.154. The van der Waals surface area contributed by atoms with Crippen molar-refractivity contribution in [3.05, 3.63) is 65.2 Å². The van der Waals surface area contributed by atoms with Crippen molar-refractivity contribution in [1.82, 2.24) is 15.1 Å². The topological polar surface area (TPSA) is 105 Å². The van der Waals surface area contributed by atoms with Gasteiger partial charge in [-0.15, -0.1) is 0 Å². The molecule has 0 fully saturated rings. The molecule has 11 heteroatoms. The lowest BCUT2D eigenvalue weighted by molar-refractivity contribution is -0.122. The highest BCUT2D eigenvalue weighted by molar-refractivity contribution is 7.89. The molecule has 0 bridgehead atoms. The van der Waals surface area contributed by atoms with Crippen LogP contribution in [0.4, 0.5) is 8.78 Å². The molecule has 156 valence electrons. The van der Waals surface area contributed by atoms with E-state index in [2.05, 4.69) is 15.5 Å². The van der Waals surface area contributed by atoms with E-state index < -0.39 is 39.5 Å². The van der Waals surface area contributed by atoms with Crippen molar-refractivity contribution in [3.63, 3.8) is 0 Å². The summed E-state index contributed by atoms with van der Waals surface area (Å²) < 4.78 is 51.7. The zero-order chi connectivity index (χ0) is 21.8. The van der Waals surface area contributed by atoms with Gasteiger partial charge >= 0.3 is 0 Å². The molecule has 8 nitrogen and oxygen atoms in total. The van der Waals surface area contributed by atoms with E-state index in [0.29, 0.717) is 4.47 Å². The standard InChI is InChI=1S/C18H19F2N3O5S/c1-21-18(25)16(12-6-9-14(19)15(20)10-12)22-17(24)11-4-7-13(8-5-11)29(26,27)23(2)28-3/h4-10,16H,1-3H3,(H,21,25)(H,22,24). The Morgan fingerprint density at radius 3 is 2.21 bits per heavy atom. The Kier molecular flexibility index (Phi) is 7.01. The van der Waals surface area contributed by atoms with Gasteiger partial charge in [0, 0.05) is 19.7 Å². The van der Waals surface area contributed by atoms with E-state index >= 15 is 0 Å². The van der Waals surface area contributed by atoms with E-state index in [4.69, 9.17) is 0 Å². The van der Waals surface area contributed by atoms with E-state index in [-0.39, 0.29) is 16.0 Å². The van der Waals surface area contributed by atoms with Gasteiger partial charge in [-0.1, -0.05) is 10.5 Å². The van der Waals surface area contributed by atoms with Crippen LogP contribution < -0.4 is 10.6 Å². The predicted octanol–water partition coefficient (Wildman–Crippen LogP) is 1.36. The fraction of sp³-hybridized carbons (Fsp3) is 0.222. The van der Waals surface area contributed by atoms with Crippen LogP contribution in [0.25, 0.3) is 0 Å². The third-order valence-electron chi connectivity index (χ3n) is 4.07. The number of nitrogens with zero attached hydrogens (tertiary/aromatic N) is 1. The molecule has 0 aromatic heterocycles. The van der Waals surface area contributed by atoms with Gasteiger partial charge in [0.05, 0.1) is 12.0 Å². The molecule has 0 radical (unpaired) electrons. The van der Waals surface area contributed by atoms with Gasteiger partial charge in [-0.2, -0.15) is 0 Å². The maximum absolute atomic E-state index is 13.5. The molecule has 2 aromatic rings. The van der Waals surface area contributed by atoms with Gasteiger partial charge < -0.3 is 10.6 Å². The highest BCUT2D eigenvalue weighted by Crippen LogP contribution is 2.19. The lowest BCUT2D eigenvalue weighted by Crippen LogP contribution is -2.39. The third kappa shape index (κ3) is 4.94. The van der Waals surface area contributed by atoms with Crippen molar-refractivity contribution in [3.8, 4) is 0 Å². The van der Waals surface area contributed by atoms with Crippen LogP contribution in [0.5, 0.6) is 0 Å². The molecule has 1 unspecified atom stereocenters. The minimum Gasteiger partial charge on any atom is -0.357 e. The zero-order valence-corrected chi connectivity index (χ0v) is 16.6. The summed E-state index contributed by atoms with van der Waals surface area (Å²) in [5.74, 6) is -3.62. The first-order valence-corrected chi connectivity index (χ1v) is 9.66. The first-order chi connectivity index (χ1) is 13.6. The summed E-state index contributed by atoms with van der Waals surface area (Å²) in [6, 6.07) is 6.44. The minimum atomic E-state index is -3.89. The summed E-state index contributed by atoms with van der Waals surface area (Å²) in [4.78, 5) is 29.2. The van der Waals surface area contributed by atoms with Crippen LogP contribution in [-0.4, -0.2) is 45.9 Å². The van der Waals surface area contributed by atoms with Gasteiger partial charge in [-0.25, -0.2) is 17.2 Å². The maximum Gasteiger partial charge on any atom is 0.264 e. The van der Waals surface area contributed by atoms with Crippen molar-refractivity contribution < 1.29 is 31.6 Å². The molecule has 0 saturated heterocycles. The highest BCUT2D eigenvalue weighted by Gasteiger charge is 2.25. The molecule has 0 aliphatic carbocycles. The Morgan fingerprint density at radius 2 is 1.69 bits per heavy atom. The number of amides is 2. The molecule has 0 saturated carbocycles. The first kappa shape index (κ1) is 22.4. The van der Waals surface area contributed by atoms with Gasteiger partial charge in [0.1, 0.15) is 6.04 Å². The Bertz CT molecular complexity index is 1010. The van der Waals surface area contributed by atoms with Gasteiger partial charge in [0.15, 0.2) is 11.6 Å². The second kappa shape index (κ2) is 9.07. The van der Waals surface area contributed by atoms with Crippen LogP contribution in [0.15, 0.2) is 47.4 Å². The number of benzene rings is 2. The number of carbonyl (C=O) groups excluding carboxylic acids is 2. The Hall–Kier alpha value is -2.89. The molecule has 2 aromatic carbocycles. The van der Waals surface area contributed by atoms with Gasteiger partial charge in [-0.3, -0.25) is 14.4 Å². The molecule has 2 rings (SSSR count). The monoisotopic (exact) mass is 427 g/mol. The van der Waals surface area contributed by atoms with Crippen molar-refractivity contribution in [1.29, 1.82) is 0 Å². The first-order valence-electron chi connectivity index (χ1n) is 8.22. The van der Waals surface area contributed by atoms with Crippen molar-refractivity contribution >= 4 is 21.8 Å². The Morgan fingerprint density at radius 1 is 1.07 bits per heavy atom. The Labute approximate surface area is 166 Å². The number of hydrogen-bond acceptors (Lipinski definition) is 5. The fourth-order valence-corrected chi connectivity index (χ4v) is 3.35. The smallest absolute Gasteiger partial charge is 0.264 e. The lowest BCUT2D eigenvalue weighted by Gasteiger charge is -2.18. The summed E-state index contributed by atoms with van der Waals surface area (Å²) in [5, 5.41) is 4.75. The number of sulfonamides is 1. The van der Waals surface area contributed by atoms with Crippen molar-refractivity contribution in [2.75, 3.05) is 21.2 Å². The maximum atomic E-state index is 13.5.